The molecule has 0 spiro atoms. The van der Waals surface area contributed by atoms with Crippen molar-refractivity contribution in [1.29, 1.82) is 0 Å². The van der Waals surface area contributed by atoms with E-state index < -0.39 is 0 Å². The molecule has 2 aromatic rings. The lowest BCUT2D eigenvalue weighted by Gasteiger charge is -2.15. The van der Waals surface area contributed by atoms with E-state index in [1.165, 1.54) is 0 Å². The van der Waals surface area contributed by atoms with E-state index in [9.17, 15) is 9.90 Å². The Bertz CT molecular complexity index is 623. The Labute approximate surface area is 116 Å². The van der Waals surface area contributed by atoms with Gasteiger partial charge in [0.15, 0.2) is 0 Å². The largest absolute Gasteiger partial charge is 0.396 e. The standard InChI is InChI=1S/C14H16N4O2/c1-17-13(18-8-10(9-19)6-14(18)20)7-12(16-17)11-4-2-3-5-15-11/h2-5,7,10,19H,6,8-9H2,1H3. The smallest absolute Gasteiger partial charge is 0.228 e. The highest BCUT2D eigenvalue weighted by atomic mass is 16.3. The minimum absolute atomic E-state index is 0.00991. The Hall–Kier alpha value is -2.21. The number of pyridine rings is 1. The molecule has 1 saturated heterocycles. The van der Waals surface area contributed by atoms with Crippen LogP contribution in [-0.4, -0.2) is 38.9 Å². The maximum atomic E-state index is 12.0. The van der Waals surface area contributed by atoms with E-state index in [1.807, 2.05) is 24.3 Å². The molecule has 0 saturated carbocycles. The van der Waals surface area contributed by atoms with Gasteiger partial charge in [0.05, 0.1) is 5.69 Å². The van der Waals surface area contributed by atoms with Gasteiger partial charge in [0.25, 0.3) is 0 Å². The average Bonchev–Trinajstić information content (AvgIpc) is 3.02. The third kappa shape index (κ3) is 2.18. The fourth-order valence-corrected chi connectivity index (χ4v) is 2.47. The van der Waals surface area contributed by atoms with Gasteiger partial charge >= 0.3 is 0 Å². The van der Waals surface area contributed by atoms with Crippen molar-refractivity contribution in [1.82, 2.24) is 14.8 Å². The Morgan fingerprint density at radius 2 is 2.25 bits per heavy atom. The van der Waals surface area contributed by atoms with E-state index in [1.54, 1.807) is 22.8 Å². The number of aliphatic hydroxyl groups excluding tert-OH is 1. The number of aliphatic hydroxyl groups is 1. The summed E-state index contributed by atoms with van der Waals surface area (Å²) in [6, 6.07) is 7.50. The molecule has 1 aliphatic heterocycles. The predicted molar refractivity (Wildman–Crippen MR) is 74.0 cm³/mol. The maximum Gasteiger partial charge on any atom is 0.228 e. The van der Waals surface area contributed by atoms with Crippen LogP contribution in [0.25, 0.3) is 11.4 Å². The van der Waals surface area contributed by atoms with E-state index in [4.69, 9.17) is 0 Å². The average molecular weight is 272 g/mol. The van der Waals surface area contributed by atoms with Gasteiger partial charge < -0.3 is 5.11 Å². The first-order valence-electron chi connectivity index (χ1n) is 6.55. The second kappa shape index (κ2) is 5.05. The van der Waals surface area contributed by atoms with Crippen LogP contribution in [0.4, 0.5) is 5.82 Å². The van der Waals surface area contributed by atoms with E-state index in [-0.39, 0.29) is 18.4 Å². The van der Waals surface area contributed by atoms with Gasteiger partial charge in [0.1, 0.15) is 11.5 Å². The number of carbonyl (C=O) groups excluding carboxylic acids is 1. The maximum absolute atomic E-state index is 12.0. The highest BCUT2D eigenvalue weighted by Crippen LogP contribution is 2.27. The summed E-state index contributed by atoms with van der Waals surface area (Å²) in [4.78, 5) is 17.9. The number of aryl methyl sites for hydroxylation is 1. The quantitative estimate of drug-likeness (QED) is 0.898. The molecular weight excluding hydrogens is 256 g/mol. The minimum atomic E-state index is 0.00991. The number of carbonyl (C=O) groups is 1. The van der Waals surface area contributed by atoms with Crippen molar-refractivity contribution in [3.63, 3.8) is 0 Å². The monoisotopic (exact) mass is 272 g/mol. The first-order chi connectivity index (χ1) is 9.69. The van der Waals surface area contributed by atoms with Gasteiger partial charge in [-0.2, -0.15) is 5.10 Å². The summed E-state index contributed by atoms with van der Waals surface area (Å²) in [6.45, 7) is 0.573. The van der Waals surface area contributed by atoms with Gasteiger partial charge in [0.2, 0.25) is 5.91 Å². The summed E-state index contributed by atoms with van der Waals surface area (Å²) < 4.78 is 1.68. The zero-order chi connectivity index (χ0) is 14.1. The summed E-state index contributed by atoms with van der Waals surface area (Å²) in [5.41, 5.74) is 1.52. The summed E-state index contributed by atoms with van der Waals surface area (Å²) in [5, 5.41) is 13.6. The van der Waals surface area contributed by atoms with E-state index in [0.29, 0.717) is 13.0 Å². The predicted octanol–water partition coefficient (Wildman–Crippen LogP) is 0.827. The molecule has 20 heavy (non-hydrogen) atoms. The van der Waals surface area contributed by atoms with Gasteiger partial charge in [-0.1, -0.05) is 6.07 Å². The topological polar surface area (TPSA) is 71.2 Å². The normalized spacial score (nSPS) is 18.8. The van der Waals surface area contributed by atoms with Crippen LogP contribution in [0.2, 0.25) is 0 Å². The molecular formula is C14H16N4O2. The summed E-state index contributed by atoms with van der Waals surface area (Å²) >= 11 is 0. The number of amides is 1. The zero-order valence-corrected chi connectivity index (χ0v) is 11.2. The van der Waals surface area contributed by atoms with Gasteiger partial charge in [-0.15, -0.1) is 0 Å². The van der Waals surface area contributed by atoms with E-state index in [2.05, 4.69) is 10.1 Å². The summed E-state index contributed by atoms with van der Waals surface area (Å²) in [6.07, 6.45) is 2.10. The number of hydrogen-bond acceptors (Lipinski definition) is 4. The van der Waals surface area contributed by atoms with Gasteiger partial charge in [-0.25, -0.2) is 0 Å². The fourth-order valence-electron chi connectivity index (χ4n) is 2.47. The summed E-state index contributed by atoms with van der Waals surface area (Å²) in [7, 11) is 1.81. The van der Waals surface area contributed by atoms with Gasteiger partial charge in [0, 0.05) is 44.8 Å². The molecule has 1 amide bonds. The molecule has 2 aromatic heterocycles. The Morgan fingerprint density at radius 1 is 1.40 bits per heavy atom. The van der Waals surface area contributed by atoms with Crippen LogP contribution >= 0.6 is 0 Å². The third-order valence-corrected chi connectivity index (χ3v) is 3.52. The van der Waals surface area contributed by atoms with Crippen molar-refractivity contribution in [2.45, 2.75) is 6.42 Å². The van der Waals surface area contributed by atoms with Crippen LogP contribution in [-0.2, 0) is 11.8 Å². The Morgan fingerprint density at radius 3 is 2.90 bits per heavy atom. The lowest BCUT2D eigenvalue weighted by Crippen LogP contribution is -2.27. The van der Waals surface area contributed by atoms with E-state index >= 15 is 0 Å². The number of aromatic nitrogens is 3. The van der Waals surface area contributed by atoms with E-state index in [0.717, 1.165) is 17.2 Å². The van der Waals surface area contributed by atoms with Crippen molar-refractivity contribution >= 4 is 11.7 Å². The highest BCUT2D eigenvalue weighted by molar-refractivity contribution is 5.95. The van der Waals surface area contributed by atoms with Crippen LogP contribution in [0.15, 0.2) is 30.5 Å². The molecule has 1 unspecified atom stereocenters. The first kappa shape index (κ1) is 12.8. The molecule has 1 fully saturated rings. The Kier molecular flexibility index (Phi) is 3.23. The minimum Gasteiger partial charge on any atom is -0.396 e. The van der Waals surface area contributed by atoms with Crippen LogP contribution in [0.1, 0.15) is 6.42 Å². The molecule has 1 aliphatic rings. The second-order valence-corrected chi connectivity index (χ2v) is 4.98. The molecule has 3 rings (SSSR count). The van der Waals surface area contributed by atoms with Crippen molar-refractivity contribution in [3.8, 4) is 11.4 Å². The van der Waals surface area contributed by atoms with Crippen molar-refractivity contribution in [2.24, 2.45) is 13.0 Å². The molecule has 0 aliphatic carbocycles. The first-order valence-corrected chi connectivity index (χ1v) is 6.55. The molecule has 0 aromatic carbocycles. The number of nitrogens with zero attached hydrogens (tertiary/aromatic N) is 4. The molecule has 104 valence electrons. The van der Waals surface area contributed by atoms with Gasteiger partial charge in [-0.3, -0.25) is 19.4 Å². The number of rotatable bonds is 3. The summed E-state index contributed by atoms with van der Waals surface area (Å²) in [5.74, 6) is 0.780. The second-order valence-electron chi connectivity index (χ2n) is 4.98. The molecule has 1 atom stereocenters. The molecule has 6 nitrogen and oxygen atoms in total. The SMILES string of the molecule is Cn1nc(-c2ccccn2)cc1N1CC(CO)CC1=O. The zero-order valence-electron chi connectivity index (χ0n) is 11.2. The Balaban J connectivity index is 1.92. The number of anilines is 1. The van der Waals surface area contributed by atoms with Crippen LogP contribution in [0.3, 0.4) is 0 Å². The van der Waals surface area contributed by atoms with Crippen LogP contribution < -0.4 is 4.90 Å². The molecule has 0 bridgehead atoms. The number of hydrogen-bond donors (Lipinski definition) is 1. The fraction of sp³-hybridized carbons (Fsp3) is 0.357. The lowest BCUT2D eigenvalue weighted by molar-refractivity contribution is -0.117. The van der Waals surface area contributed by atoms with Crippen molar-refractivity contribution in [3.05, 3.63) is 30.5 Å². The van der Waals surface area contributed by atoms with Crippen LogP contribution in [0.5, 0.6) is 0 Å². The highest BCUT2D eigenvalue weighted by Gasteiger charge is 2.32. The van der Waals surface area contributed by atoms with Crippen molar-refractivity contribution < 1.29 is 9.90 Å². The lowest BCUT2D eigenvalue weighted by atomic mass is 10.1. The molecule has 3 heterocycles. The molecule has 6 heteroatoms. The molecule has 0 radical (unpaired) electrons. The molecule has 1 N–H and O–H groups in total. The van der Waals surface area contributed by atoms with Gasteiger partial charge in [-0.05, 0) is 12.1 Å². The third-order valence-electron chi connectivity index (χ3n) is 3.52. The van der Waals surface area contributed by atoms with Crippen molar-refractivity contribution in [2.75, 3.05) is 18.1 Å². The van der Waals surface area contributed by atoms with Crippen LogP contribution in [0, 0.1) is 5.92 Å².